The van der Waals surface area contributed by atoms with Crippen LogP contribution in [0.4, 0.5) is 11.4 Å². The van der Waals surface area contributed by atoms with Crippen LogP contribution in [-0.4, -0.2) is 32.7 Å². The minimum Gasteiger partial charge on any atom is -0.397 e. The van der Waals surface area contributed by atoms with E-state index >= 15 is 0 Å². The zero-order chi connectivity index (χ0) is 15.3. The molecule has 5 nitrogen and oxygen atoms in total. The summed E-state index contributed by atoms with van der Waals surface area (Å²) < 4.78 is 5.16. The number of ether oxygens (including phenoxy) is 1. The molecule has 0 spiro atoms. The second kappa shape index (κ2) is 6.80. The molecule has 0 aromatic heterocycles. The van der Waals surface area contributed by atoms with Gasteiger partial charge >= 0.3 is 0 Å². The Bertz CT molecular complexity index is 498. The van der Waals surface area contributed by atoms with Gasteiger partial charge in [0.25, 0.3) is 5.91 Å². The molecule has 1 aliphatic carbocycles. The maximum absolute atomic E-state index is 11.8. The fraction of sp³-hybridized carbons (Fsp3) is 0.562. The van der Waals surface area contributed by atoms with E-state index in [-0.39, 0.29) is 5.91 Å². The summed E-state index contributed by atoms with van der Waals surface area (Å²) in [5.41, 5.74) is 8.50. The third-order valence-corrected chi connectivity index (χ3v) is 4.10. The van der Waals surface area contributed by atoms with Gasteiger partial charge in [0.1, 0.15) is 0 Å². The molecule has 1 aromatic rings. The Hall–Kier alpha value is -1.75. The highest BCUT2D eigenvalue weighted by atomic mass is 16.5. The fourth-order valence-electron chi connectivity index (χ4n) is 2.42. The SMILES string of the molecule is CCNC(=O)c1ccc(NCC2(CCOC)CC2)c(N)c1. The van der Waals surface area contributed by atoms with Crippen molar-refractivity contribution in [2.75, 3.05) is 37.9 Å². The third-order valence-electron chi connectivity index (χ3n) is 4.10. The highest BCUT2D eigenvalue weighted by Gasteiger charge is 2.41. The molecule has 1 aromatic carbocycles. The number of nitrogen functional groups attached to an aromatic ring is 1. The van der Waals surface area contributed by atoms with Gasteiger partial charge < -0.3 is 21.1 Å². The van der Waals surface area contributed by atoms with Crippen LogP contribution in [0.25, 0.3) is 0 Å². The largest absolute Gasteiger partial charge is 0.397 e. The molecule has 116 valence electrons. The summed E-state index contributed by atoms with van der Waals surface area (Å²) in [7, 11) is 1.74. The second-order valence-electron chi connectivity index (χ2n) is 5.76. The number of amides is 1. The number of nitrogens with one attached hydrogen (secondary N) is 2. The zero-order valence-electron chi connectivity index (χ0n) is 12.9. The Morgan fingerprint density at radius 3 is 2.76 bits per heavy atom. The number of methoxy groups -OCH3 is 1. The average molecular weight is 291 g/mol. The van der Waals surface area contributed by atoms with Gasteiger partial charge in [-0.05, 0) is 49.8 Å². The van der Waals surface area contributed by atoms with Crippen LogP contribution in [0.1, 0.15) is 36.5 Å². The topological polar surface area (TPSA) is 76.4 Å². The Morgan fingerprint density at radius 1 is 1.43 bits per heavy atom. The molecule has 1 saturated carbocycles. The molecule has 1 fully saturated rings. The molecular formula is C16H25N3O2. The number of rotatable bonds is 8. The van der Waals surface area contributed by atoms with E-state index in [4.69, 9.17) is 10.5 Å². The summed E-state index contributed by atoms with van der Waals surface area (Å²) in [4.78, 5) is 11.8. The van der Waals surface area contributed by atoms with E-state index in [1.165, 1.54) is 12.8 Å². The lowest BCUT2D eigenvalue weighted by Crippen LogP contribution is -2.23. The summed E-state index contributed by atoms with van der Waals surface area (Å²) in [6.45, 7) is 4.21. The van der Waals surface area contributed by atoms with Crippen LogP contribution in [0.2, 0.25) is 0 Å². The van der Waals surface area contributed by atoms with Crippen LogP contribution in [0.3, 0.4) is 0 Å². The van der Waals surface area contributed by atoms with E-state index in [0.29, 0.717) is 23.2 Å². The first-order valence-electron chi connectivity index (χ1n) is 7.51. The van der Waals surface area contributed by atoms with Gasteiger partial charge in [0.05, 0.1) is 11.4 Å². The van der Waals surface area contributed by atoms with Gasteiger partial charge in [0.2, 0.25) is 0 Å². The number of hydrogen-bond acceptors (Lipinski definition) is 4. The van der Waals surface area contributed by atoms with Crippen molar-refractivity contribution in [2.45, 2.75) is 26.2 Å². The first-order chi connectivity index (χ1) is 10.1. The van der Waals surface area contributed by atoms with Gasteiger partial charge in [-0.3, -0.25) is 4.79 Å². The minimum absolute atomic E-state index is 0.0884. The quantitative estimate of drug-likeness (QED) is 0.642. The maximum Gasteiger partial charge on any atom is 0.251 e. The van der Waals surface area contributed by atoms with E-state index in [1.54, 1.807) is 19.2 Å². The molecule has 0 atom stereocenters. The number of hydrogen-bond donors (Lipinski definition) is 3. The summed E-state index contributed by atoms with van der Waals surface area (Å²) in [5.74, 6) is -0.0884. The number of benzene rings is 1. The van der Waals surface area contributed by atoms with Gasteiger partial charge in [0, 0.05) is 32.4 Å². The molecule has 21 heavy (non-hydrogen) atoms. The number of carbonyl (C=O) groups is 1. The van der Waals surface area contributed by atoms with E-state index < -0.39 is 0 Å². The van der Waals surface area contributed by atoms with E-state index in [9.17, 15) is 4.79 Å². The van der Waals surface area contributed by atoms with Gasteiger partial charge in [-0.15, -0.1) is 0 Å². The Kier molecular flexibility index (Phi) is 5.07. The highest BCUT2D eigenvalue weighted by Crippen LogP contribution is 2.48. The Labute approximate surface area is 126 Å². The zero-order valence-corrected chi connectivity index (χ0v) is 12.9. The molecule has 2 rings (SSSR count). The molecule has 0 aliphatic heterocycles. The van der Waals surface area contributed by atoms with Crippen molar-refractivity contribution in [3.8, 4) is 0 Å². The van der Waals surface area contributed by atoms with Crippen molar-refractivity contribution in [1.29, 1.82) is 0 Å². The van der Waals surface area contributed by atoms with Crippen molar-refractivity contribution < 1.29 is 9.53 Å². The van der Waals surface area contributed by atoms with Crippen molar-refractivity contribution in [3.63, 3.8) is 0 Å². The average Bonchev–Trinajstić information content (AvgIpc) is 3.24. The predicted molar refractivity (Wildman–Crippen MR) is 85.5 cm³/mol. The summed E-state index contributed by atoms with van der Waals surface area (Å²) in [6.07, 6.45) is 3.55. The van der Waals surface area contributed by atoms with Crippen LogP contribution in [0, 0.1) is 5.41 Å². The first kappa shape index (κ1) is 15.6. The lowest BCUT2D eigenvalue weighted by Gasteiger charge is -2.17. The van der Waals surface area contributed by atoms with Crippen LogP contribution < -0.4 is 16.4 Å². The van der Waals surface area contributed by atoms with Crippen molar-refractivity contribution >= 4 is 17.3 Å². The van der Waals surface area contributed by atoms with Gasteiger partial charge in [0.15, 0.2) is 0 Å². The van der Waals surface area contributed by atoms with Crippen LogP contribution in [0.5, 0.6) is 0 Å². The normalized spacial score (nSPS) is 15.5. The molecule has 0 radical (unpaired) electrons. The number of carbonyl (C=O) groups excluding carboxylic acids is 1. The summed E-state index contributed by atoms with van der Waals surface area (Å²) in [6, 6.07) is 5.41. The molecule has 0 heterocycles. The monoisotopic (exact) mass is 291 g/mol. The summed E-state index contributed by atoms with van der Waals surface area (Å²) in [5, 5.41) is 6.18. The first-order valence-corrected chi connectivity index (χ1v) is 7.51. The lowest BCUT2D eigenvalue weighted by atomic mass is 10.0. The highest BCUT2D eigenvalue weighted by molar-refractivity contribution is 5.96. The third kappa shape index (κ3) is 4.11. The van der Waals surface area contributed by atoms with Gasteiger partial charge in [-0.2, -0.15) is 0 Å². The predicted octanol–water partition coefficient (Wildman–Crippen LogP) is 2.25. The Balaban J connectivity index is 1.94. The lowest BCUT2D eigenvalue weighted by molar-refractivity contribution is 0.0956. The van der Waals surface area contributed by atoms with Gasteiger partial charge in [-0.1, -0.05) is 0 Å². The molecule has 4 N–H and O–H groups in total. The Morgan fingerprint density at radius 2 is 2.19 bits per heavy atom. The molecule has 0 bridgehead atoms. The molecule has 0 unspecified atom stereocenters. The van der Waals surface area contributed by atoms with E-state index in [1.807, 2.05) is 13.0 Å². The molecule has 0 saturated heterocycles. The number of nitrogens with two attached hydrogens (primary N) is 1. The van der Waals surface area contributed by atoms with Crippen LogP contribution >= 0.6 is 0 Å². The van der Waals surface area contributed by atoms with E-state index in [2.05, 4.69) is 10.6 Å². The van der Waals surface area contributed by atoms with E-state index in [0.717, 1.165) is 25.3 Å². The molecule has 5 heteroatoms. The second-order valence-corrected chi connectivity index (χ2v) is 5.76. The van der Waals surface area contributed by atoms with Crippen molar-refractivity contribution in [2.24, 2.45) is 5.41 Å². The van der Waals surface area contributed by atoms with Gasteiger partial charge in [-0.25, -0.2) is 0 Å². The summed E-state index contributed by atoms with van der Waals surface area (Å²) >= 11 is 0. The number of anilines is 2. The van der Waals surface area contributed by atoms with Crippen molar-refractivity contribution in [3.05, 3.63) is 23.8 Å². The standard InChI is InChI=1S/C16H25N3O2/c1-3-18-15(20)12-4-5-14(13(17)10-12)19-11-16(6-7-16)8-9-21-2/h4-5,10,19H,3,6-9,11,17H2,1-2H3,(H,18,20). The smallest absolute Gasteiger partial charge is 0.251 e. The fourth-order valence-corrected chi connectivity index (χ4v) is 2.42. The molecule has 1 amide bonds. The molecule has 1 aliphatic rings. The molecular weight excluding hydrogens is 266 g/mol. The van der Waals surface area contributed by atoms with Crippen LogP contribution in [0.15, 0.2) is 18.2 Å². The van der Waals surface area contributed by atoms with Crippen LogP contribution in [-0.2, 0) is 4.74 Å². The maximum atomic E-state index is 11.8. The van der Waals surface area contributed by atoms with Crippen molar-refractivity contribution in [1.82, 2.24) is 5.32 Å². The minimum atomic E-state index is -0.0884.